The van der Waals surface area contributed by atoms with Gasteiger partial charge >= 0.3 is 0 Å². The number of fused-ring (bicyclic) bond motifs is 1. The molecule has 138 valence electrons. The van der Waals surface area contributed by atoms with Gasteiger partial charge in [0.15, 0.2) is 11.6 Å². The summed E-state index contributed by atoms with van der Waals surface area (Å²) in [5.41, 5.74) is 5.72. The first-order chi connectivity index (χ1) is 13.5. The Morgan fingerprint density at radius 1 is 0.786 bits per heavy atom. The van der Waals surface area contributed by atoms with Crippen LogP contribution in [0.1, 0.15) is 40.1 Å². The number of Topliss-reactive ketones (excluding diaryl/α,β-unsaturated/α-hetero) is 2. The highest BCUT2D eigenvalue weighted by Gasteiger charge is 2.13. The molecule has 3 aromatic carbocycles. The Hall–Kier alpha value is -3.46. The Morgan fingerprint density at radius 2 is 1.46 bits per heavy atom. The average molecular weight is 367 g/mol. The van der Waals surface area contributed by atoms with Gasteiger partial charge in [0.05, 0.1) is 0 Å². The Morgan fingerprint density at radius 3 is 2.11 bits per heavy atom. The molecule has 0 atom stereocenters. The van der Waals surface area contributed by atoms with Crippen LogP contribution in [0.15, 0.2) is 79.0 Å². The summed E-state index contributed by atoms with van der Waals surface area (Å²) in [6, 6.07) is 24.0. The Labute approximate surface area is 164 Å². The van der Waals surface area contributed by atoms with E-state index in [1.54, 1.807) is 13.8 Å². The van der Waals surface area contributed by atoms with Gasteiger partial charge in [0.1, 0.15) is 0 Å². The smallest absolute Gasteiger partial charge is 0.161 e. The lowest BCUT2D eigenvalue weighted by molar-refractivity contribution is 0.101. The minimum absolute atomic E-state index is 0.0545. The molecule has 0 unspecified atom stereocenters. The predicted octanol–water partition coefficient (Wildman–Crippen LogP) is 5.76. The summed E-state index contributed by atoms with van der Waals surface area (Å²) >= 11 is 0. The molecule has 0 saturated heterocycles. The van der Waals surface area contributed by atoms with E-state index in [4.69, 9.17) is 0 Å². The van der Waals surface area contributed by atoms with Crippen molar-refractivity contribution < 1.29 is 9.59 Å². The van der Waals surface area contributed by atoms with Crippen molar-refractivity contribution in [2.45, 2.75) is 20.4 Å². The predicted molar refractivity (Wildman–Crippen MR) is 113 cm³/mol. The molecule has 0 aliphatic rings. The lowest BCUT2D eigenvalue weighted by atomic mass is 10.00. The molecule has 0 radical (unpaired) electrons. The number of benzene rings is 3. The lowest BCUT2D eigenvalue weighted by Crippen LogP contribution is -1.97. The van der Waals surface area contributed by atoms with Crippen LogP contribution in [0.3, 0.4) is 0 Å². The molecule has 0 fully saturated rings. The first kappa shape index (κ1) is 17.9. The second-order valence-electron chi connectivity index (χ2n) is 7.08. The van der Waals surface area contributed by atoms with Crippen LogP contribution in [0, 0.1) is 0 Å². The van der Waals surface area contributed by atoms with Crippen molar-refractivity contribution in [3.8, 4) is 11.1 Å². The third-order valence-electron chi connectivity index (χ3n) is 5.08. The largest absolute Gasteiger partial charge is 0.342 e. The Balaban J connectivity index is 1.79. The monoisotopic (exact) mass is 367 g/mol. The van der Waals surface area contributed by atoms with Gasteiger partial charge in [-0.3, -0.25) is 9.59 Å². The molecule has 4 rings (SSSR count). The molecule has 0 N–H and O–H groups in total. The summed E-state index contributed by atoms with van der Waals surface area (Å²) < 4.78 is 2.13. The van der Waals surface area contributed by atoms with E-state index in [2.05, 4.69) is 34.9 Å². The number of nitrogens with zero attached hydrogens (tertiary/aromatic N) is 1. The zero-order valence-corrected chi connectivity index (χ0v) is 16.0. The van der Waals surface area contributed by atoms with Crippen molar-refractivity contribution in [1.82, 2.24) is 4.57 Å². The summed E-state index contributed by atoms with van der Waals surface area (Å²) in [5, 5.41) is 0.955. The fraction of sp³-hybridized carbons (Fsp3) is 0.120. The third kappa shape index (κ3) is 3.39. The molecule has 1 aromatic heterocycles. The van der Waals surface area contributed by atoms with Gasteiger partial charge in [-0.1, -0.05) is 60.7 Å². The van der Waals surface area contributed by atoms with Crippen molar-refractivity contribution in [2.24, 2.45) is 0 Å². The molecule has 4 aromatic rings. The molecule has 0 aliphatic heterocycles. The zero-order chi connectivity index (χ0) is 19.7. The number of carbonyl (C=O) groups excluding carboxylic acids is 2. The van der Waals surface area contributed by atoms with Crippen LogP contribution in [0.5, 0.6) is 0 Å². The fourth-order valence-electron chi connectivity index (χ4n) is 3.57. The van der Waals surface area contributed by atoms with Gasteiger partial charge < -0.3 is 4.57 Å². The van der Waals surface area contributed by atoms with Crippen LogP contribution < -0.4 is 0 Å². The maximum absolute atomic E-state index is 12.2. The maximum atomic E-state index is 12.2. The third-order valence-corrected chi connectivity index (χ3v) is 5.08. The molecule has 0 aliphatic carbocycles. The van der Waals surface area contributed by atoms with Gasteiger partial charge in [0.2, 0.25) is 0 Å². The van der Waals surface area contributed by atoms with E-state index < -0.39 is 0 Å². The molecular formula is C25H21NO2. The van der Waals surface area contributed by atoms with Gasteiger partial charge in [-0.25, -0.2) is 0 Å². The van der Waals surface area contributed by atoms with E-state index in [1.165, 1.54) is 5.56 Å². The average Bonchev–Trinajstić information content (AvgIpc) is 3.07. The molecule has 0 spiro atoms. The second kappa shape index (κ2) is 7.28. The van der Waals surface area contributed by atoms with Gasteiger partial charge in [0, 0.05) is 34.8 Å². The molecule has 0 bridgehead atoms. The second-order valence-corrected chi connectivity index (χ2v) is 7.08. The molecule has 0 saturated carbocycles. The molecule has 0 amide bonds. The topological polar surface area (TPSA) is 39.1 Å². The molecule has 28 heavy (non-hydrogen) atoms. The Kier molecular flexibility index (Phi) is 4.66. The highest BCUT2D eigenvalue weighted by Crippen LogP contribution is 2.29. The van der Waals surface area contributed by atoms with Crippen LogP contribution in [-0.2, 0) is 6.54 Å². The van der Waals surface area contributed by atoms with Gasteiger partial charge in [0.25, 0.3) is 0 Å². The van der Waals surface area contributed by atoms with E-state index in [9.17, 15) is 9.59 Å². The minimum Gasteiger partial charge on any atom is -0.342 e. The van der Waals surface area contributed by atoms with Crippen molar-refractivity contribution in [3.63, 3.8) is 0 Å². The molecule has 3 heteroatoms. The van der Waals surface area contributed by atoms with Gasteiger partial charge in [-0.05, 0) is 42.7 Å². The maximum Gasteiger partial charge on any atom is 0.161 e. The molecule has 1 heterocycles. The first-order valence-electron chi connectivity index (χ1n) is 9.32. The summed E-state index contributed by atoms with van der Waals surface area (Å²) in [5.74, 6) is 0.111. The van der Waals surface area contributed by atoms with Crippen molar-refractivity contribution >= 4 is 22.5 Å². The normalized spacial score (nSPS) is 10.9. The lowest BCUT2D eigenvalue weighted by Gasteiger charge is -2.07. The number of carbonyl (C=O) groups is 2. The molecular weight excluding hydrogens is 346 g/mol. The van der Waals surface area contributed by atoms with Crippen LogP contribution in [0.25, 0.3) is 22.0 Å². The van der Waals surface area contributed by atoms with E-state index in [0.717, 1.165) is 34.1 Å². The quantitative estimate of drug-likeness (QED) is 0.421. The number of hydrogen-bond donors (Lipinski definition) is 0. The van der Waals surface area contributed by atoms with Crippen molar-refractivity contribution in [1.29, 1.82) is 0 Å². The van der Waals surface area contributed by atoms with Crippen LogP contribution >= 0.6 is 0 Å². The van der Waals surface area contributed by atoms with Crippen molar-refractivity contribution in [2.75, 3.05) is 0 Å². The van der Waals surface area contributed by atoms with Gasteiger partial charge in [-0.15, -0.1) is 0 Å². The number of hydrogen-bond acceptors (Lipinski definition) is 2. The highest BCUT2D eigenvalue weighted by molar-refractivity contribution is 6.08. The van der Waals surface area contributed by atoms with E-state index in [0.29, 0.717) is 5.56 Å². The Bertz CT molecular complexity index is 1170. The van der Waals surface area contributed by atoms with Crippen LogP contribution in [0.2, 0.25) is 0 Å². The van der Waals surface area contributed by atoms with Gasteiger partial charge in [-0.2, -0.15) is 0 Å². The minimum atomic E-state index is 0.0545. The number of ketones is 2. The van der Waals surface area contributed by atoms with E-state index in [-0.39, 0.29) is 11.6 Å². The summed E-state index contributed by atoms with van der Waals surface area (Å²) in [7, 11) is 0. The van der Waals surface area contributed by atoms with Crippen LogP contribution in [-0.4, -0.2) is 16.1 Å². The number of rotatable bonds is 5. The van der Waals surface area contributed by atoms with E-state index >= 15 is 0 Å². The fourth-order valence-corrected chi connectivity index (χ4v) is 3.57. The summed E-state index contributed by atoms with van der Waals surface area (Å²) in [6.45, 7) is 3.89. The van der Waals surface area contributed by atoms with Crippen molar-refractivity contribution in [3.05, 3.63) is 95.7 Å². The SMILES string of the molecule is CC(=O)c1ccc(-c2ccc3c(c2)c(C(C)=O)cn3Cc2ccccc2)cc1. The summed E-state index contributed by atoms with van der Waals surface area (Å²) in [4.78, 5) is 23.7. The molecule has 3 nitrogen and oxygen atoms in total. The van der Waals surface area contributed by atoms with Crippen LogP contribution in [0.4, 0.5) is 0 Å². The zero-order valence-electron chi connectivity index (χ0n) is 16.0. The van der Waals surface area contributed by atoms with E-state index in [1.807, 2.05) is 48.7 Å². The highest BCUT2D eigenvalue weighted by atomic mass is 16.1. The summed E-state index contributed by atoms with van der Waals surface area (Å²) in [6.07, 6.45) is 1.95. The number of aromatic nitrogens is 1. The first-order valence-corrected chi connectivity index (χ1v) is 9.32. The standard InChI is InChI=1S/C25H21NO2/c1-17(27)20-8-10-21(11-9-20)22-12-13-25-23(14-22)24(18(2)28)16-26(25)15-19-6-4-3-5-7-19/h3-14,16H,15H2,1-2H3.